The van der Waals surface area contributed by atoms with E-state index in [0.717, 1.165) is 12.1 Å². The number of carbonyl (C=O) groups is 1. The van der Waals surface area contributed by atoms with E-state index in [2.05, 4.69) is 21.6 Å². The van der Waals surface area contributed by atoms with E-state index in [1.807, 2.05) is 18.4 Å². The maximum Gasteiger partial charge on any atom is 0.271 e. The van der Waals surface area contributed by atoms with Crippen LogP contribution in [-0.2, 0) is 6.42 Å². The summed E-state index contributed by atoms with van der Waals surface area (Å²) in [6.07, 6.45) is 0.850. The predicted molar refractivity (Wildman–Crippen MR) is 67.1 cm³/mol. The minimum Gasteiger partial charge on any atom is -0.350 e. The topological polar surface area (TPSA) is 54.9 Å². The highest BCUT2D eigenvalue weighted by molar-refractivity contribution is 7.09. The lowest BCUT2D eigenvalue weighted by Crippen LogP contribution is -2.26. The number of rotatable bonds is 4. The third-order valence-corrected chi connectivity index (χ3v) is 3.20. The molecule has 4 nitrogen and oxygen atoms in total. The van der Waals surface area contributed by atoms with Gasteiger partial charge in [-0.3, -0.25) is 4.79 Å². The molecule has 0 aliphatic heterocycles. The van der Waals surface area contributed by atoms with Crippen molar-refractivity contribution in [1.29, 1.82) is 0 Å². The lowest BCUT2D eigenvalue weighted by atomic mass is 10.3. The molecule has 0 aliphatic carbocycles. The second-order valence-electron chi connectivity index (χ2n) is 3.65. The van der Waals surface area contributed by atoms with Crippen LogP contribution < -0.4 is 5.32 Å². The third-order valence-electron chi connectivity index (χ3n) is 2.27. The molecule has 2 heterocycles. The molecule has 0 saturated carbocycles. The summed E-state index contributed by atoms with van der Waals surface area (Å²) in [7, 11) is 0. The number of hydrogen-bond donors (Lipinski definition) is 1. The van der Waals surface area contributed by atoms with Gasteiger partial charge in [0.15, 0.2) is 5.69 Å². The van der Waals surface area contributed by atoms with Crippen molar-refractivity contribution in [3.63, 3.8) is 0 Å². The number of thiophene rings is 1. The molecule has 0 spiro atoms. The van der Waals surface area contributed by atoms with Crippen LogP contribution in [0.15, 0.2) is 29.6 Å². The Bertz CT molecular complexity index is 479. The molecule has 2 aromatic heterocycles. The fourth-order valence-corrected chi connectivity index (χ4v) is 2.07. The van der Waals surface area contributed by atoms with Gasteiger partial charge < -0.3 is 5.32 Å². The number of amides is 1. The number of aromatic nitrogens is 2. The zero-order valence-corrected chi connectivity index (χ0v) is 10.3. The Hall–Kier alpha value is -1.75. The van der Waals surface area contributed by atoms with E-state index in [9.17, 15) is 4.79 Å². The SMILES string of the molecule is Cc1ccc(C(=O)NCCc2cccs2)nn1. The maximum atomic E-state index is 11.7. The molecule has 88 valence electrons. The van der Waals surface area contributed by atoms with Crippen molar-refractivity contribution in [2.24, 2.45) is 0 Å². The van der Waals surface area contributed by atoms with Gasteiger partial charge in [-0.25, -0.2) is 0 Å². The summed E-state index contributed by atoms with van der Waals surface area (Å²) in [5.74, 6) is -0.172. The lowest BCUT2D eigenvalue weighted by molar-refractivity contribution is 0.0948. The molecule has 0 saturated heterocycles. The smallest absolute Gasteiger partial charge is 0.271 e. The Morgan fingerprint density at radius 3 is 2.88 bits per heavy atom. The first kappa shape index (κ1) is 11.7. The number of nitrogens with one attached hydrogen (secondary N) is 1. The zero-order chi connectivity index (χ0) is 12.1. The Kier molecular flexibility index (Phi) is 3.82. The number of carbonyl (C=O) groups excluding carboxylic acids is 1. The molecule has 1 amide bonds. The molecule has 2 rings (SSSR count). The fraction of sp³-hybridized carbons (Fsp3) is 0.250. The lowest BCUT2D eigenvalue weighted by Gasteiger charge is -2.03. The Labute approximate surface area is 104 Å². The van der Waals surface area contributed by atoms with E-state index in [0.29, 0.717) is 12.2 Å². The average molecular weight is 247 g/mol. The maximum absolute atomic E-state index is 11.7. The molecule has 0 aromatic carbocycles. The second kappa shape index (κ2) is 5.54. The molecule has 0 radical (unpaired) electrons. The van der Waals surface area contributed by atoms with Crippen LogP contribution in [0.3, 0.4) is 0 Å². The van der Waals surface area contributed by atoms with Gasteiger partial charge >= 0.3 is 0 Å². The van der Waals surface area contributed by atoms with Crippen molar-refractivity contribution in [1.82, 2.24) is 15.5 Å². The van der Waals surface area contributed by atoms with E-state index in [1.165, 1.54) is 4.88 Å². The quantitative estimate of drug-likeness (QED) is 0.896. The normalized spacial score (nSPS) is 10.2. The molecular formula is C12H13N3OS. The highest BCUT2D eigenvalue weighted by Gasteiger charge is 2.06. The summed E-state index contributed by atoms with van der Waals surface area (Å²) in [6, 6.07) is 7.53. The highest BCUT2D eigenvalue weighted by atomic mass is 32.1. The molecule has 0 unspecified atom stereocenters. The summed E-state index contributed by atoms with van der Waals surface area (Å²) in [4.78, 5) is 12.9. The van der Waals surface area contributed by atoms with E-state index in [4.69, 9.17) is 0 Å². The molecule has 2 aromatic rings. The molecule has 5 heteroatoms. The fourth-order valence-electron chi connectivity index (χ4n) is 1.36. The average Bonchev–Trinajstić information content (AvgIpc) is 2.83. The Morgan fingerprint density at radius 1 is 1.35 bits per heavy atom. The monoisotopic (exact) mass is 247 g/mol. The number of nitrogens with zero attached hydrogens (tertiary/aromatic N) is 2. The summed E-state index contributed by atoms with van der Waals surface area (Å²) in [6.45, 7) is 2.46. The molecule has 0 bridgehead atoms. The Balaban J connectivity index is 1.83. The predicted octanol–water partition coefficient (Wildman–Crippen LogP) is 1.82. The first-order chi connectivity index (χ1) is 8.25. The van der Waals surface area contributed by atoms with Gasteiger partial charge in [-0.1, -0.05) is 6.07 Å². The molecule has 1 N–H and O–H groups in total. The standard InChI is InChI=1S/C12H13N3OS/c1-9-4-5-11(15-14-9)12(16)13-7-6-10-3-2-8-17-10/h2-5,8H,6-7H2,1H3,(H,13,16). The second-order valence-corrected chi connectivity index (χ2v) is 4.68. The van der Waals surface area contributed by atoms with Crippen molar-refractivity contribution in [3.8, 4) is 0 Å². The first-order valence-electron chi connectivity index (χ1n) is 5.36. The minimum atomic E-state index is -0.172. The number of aryl methyl sites for hydroxylation is 1. The van der Waals surface area contributed by atoms with E-state index in [-0.39, 0.29) is 5.91 Å². The van der Waals surface area contributed by atoms with Gasteiger partial charge in [0.25, 0.3) is 5.91 Å². The van der Waals surface area contributed by atoms with Gasteiger partial charge in [0, 0.05) is 11.4 Å². The van der Waals surface area contributed by atoms with Crippen LogP contribution in [0.25, 0.3) is 0 Å². The van der Waals surface area contributed by atoms with Gasteiger partial charge in [0.1, 0.15) is 0 Å². The molecule has 0 fully saturated rings. The van der Waals surface area contributed by atoms with Gasteiger partial charge in [-0.15, -0.1) is 16.4 Å². The van der Waals surface area contributed by atoms with Crippen LogP contribution in [0.2, 0.25) is 0 Å². The molecule has 0 aliphatic rings. The van der Waals surface area contributed by atoms with E-state index >= 15 is 0 Å². The minimum absolute atomic E-state index is 0.172. The summed E-state index contributed by atoms with van der Waals surface area (Å²) >= 11 is 1.69. The summed E-state index contributed by atoms with van der Waals surface area (Å²) in [5.41, 5.74) is 1.17. The van der Waals surface area contributed by atoms with Crippen LogP contribution in [0.4, 0.5) is 0 Å². The van der Waals surface area contributed by atoms with Crippen LogP contribution in [0, 0.1) is 6.92 Å². The molecule has 17 heavy (non-hydrogen) atoms. The third kappa shape index (κ3) is 3.35. The largest absolute Gasteiger partial charge is 0.350 e. The zero-order valence-electron chi connectivity index (χ0n) is 9.51. The van der Waals surface area contributed by atoms with E-state index < -0.39 is 0 Å². The van der Waals surface area contributed by atoms with Crippen molar-refractivity contribution in [3.05, 3.63) is 45.9 Å². The van der Waals surface area contributed by atoms with Crippen molar-refractivity contribution in [2.45, 2.75) is 13.3 Å². The first-order valence-corrected chi connectivity index (χ1v) is 6.24. The van der Waals surface area contributed by atoms with Gasteiger partial charge in [0.05, 0.1) is 5.69 Å². The van der Waals surface area contributed by atoms with E-state index in [1.54, 1.807) is 23.5 Å². The summed E-state index contributed by atoms with van der Waals surface area (Å²) in [5, 5.41) is 12.5. The summed E-state index contributed by atoms with van der Waals surface area (Å²) < 4.78 is 0. The van der Waals surface area contributed by atoms with Crippen LogP contribution in [-0.4, -0.2) is 22.6 Å². The highest BCUT2D eigenvalue weighted by Crippen LogP contribution is 2.08. The van der Waals surface area contributed by atoms with Crippen molar-refractivity contribution in [2.75, 3.05) is 6.54 Å². The van der Waals surface area contributed by atoms with Crippen LogP contribution >= 0.6 is 11.3 Å². The Morgan fingerprint density at radius 2 is 2.24 bits per heavy atom. The van der Waals surface area contributed by atoms with Crippen LogP contribution in [0.1, 0.15) is 21.1 Å². The number of hydrogen-bond acceptors (Lipinski definition) is 4. The van der Waals surface area contributed by atoms with Gasteiger partial charge in [-0.2, -0.15) is 5.10 Å². The molecule has 0 atom stereocenters. The van der Waals surface area contributed by atoms with Crippen LogP contribution in [0.5, 0.6) is 0 Å². The van der Waals surface area contributed by atoms with Gasteiger partial charge in [0.2, 0.25) is 0 Å². The van der Waals surface area contributed by atoms with Gasteiger partial charge in [-0.05, 0) is 36.9 Å². The van der Waals surface area contributed by atoms with Crippen molar-refractivity contribution >= 4 is 17.2 Å². The van der Waals surface area contributed by atoms with Crippen molar-refractivity contribution < 1.29 is 4.79 Å². The molecular weight excluding hydrogens is 234 g/mol.